The number of nitrogens with zero attached hydrogens (tertiary/aromatic N) is 1. The average molecular weight is 327 g/mol. The summed E-state index contributed by atoms with van der Waals surface area (Å²) in [5, 5.41) is 0. The van der Waals surface area contributed by atoms with E-state index in [-0.39, 0.29) is 6.04 Å². The first-order valence-corrected chi connectivity index (χ1v) is 7.82. The Morgan fingerprint density at radius 2 is 2.32 bits per heavy atom. The minimum atomic E-state index is 0.0525. The molecule has 1 heterocycles. The van der Waals surface area contributed by atoms with Crippen LogP contribution in [0.2, 0.25) is 0 Å². The Balaban J connectivity index is 2.11. The average Bonchev–Trinajstić information content (AvgIpc) is 2.88. The van der Waals surface area contributed by atoms with Crippen LogP contribution in [0, 0.1) is 0 Å². The van der Waals surface area contributed by atoms with Crippen LogP contribution in [-0.2, 0) is 4.74 Å². The van der Waals surface area contributed by atoms with E-state index >= 15 is 0 Å². The normalized spacial score (nSPS) is 20.5. The maximum absolute atomic E-state index is 5.94. The summed E-state index contributed by atoms with van der Waals surface area (Å²) in [5.74, 6) is 0. The van der Waals surface area contributed by atoms with E-state index in [4.69, 9.17) is 10.5 Å². The van der Waals surface area contributed by atoms with Crippen LogP contribution in [0.25, 0.3) is 0 Å². The summed E-state index contributed by atoms with van der Waals surface area (Å²) in [6, 6.07) is 6.48. The van der Waals surface area contributed by atoms with Gasteiger partial charge in [-0.15, -0.1) is 0 Å². The molecule has 1 aromatic rings. The van der Waals surface area contributed by atoms with Gasteiger partial charge < -0.3 is 15.4 Å². The van der Waals surface area contributed by atoms with Gasteiger partial charge in [-0.25, -0.2) is 0 Å². The third kappa shape index (κ3) is 3.71. The summed E-state index contributed by atoms with van der Waals surface area (Å²) in [5.41, 5.74) is 8.32. The van der Waals surface area contributed by atoms with Gasteiger partial charge in [-0.2, -0.15) is 0 Å². The molecule has 1 aliphatic heterocycles. The van der Waals surface area contributed by atoms with Gasteiger partial charge in [0.1, 0.15) is 0 Å². The van der Waals surface area contributed by atoms with E-state index in [0.717, 1.165) is 29.7 Å². The van der Waals surface area contributed by atoms with Gasteiger partial charge in [-0.3, -0.25) is 0 Å². The summed E-state index contributed by atoms with van der Waals surface area (Å²) in [7, 11) is 0. The van der Waals surface area contributed by atoms with Crippen molar-refractivity contribution >= 4 is 21.6 Å². The van der Waals surface area contributed by atoms with E-state index in [2.05, 4.69) is 46.0 Å². The first-order valence-electron chi connectivity index (χ1n) is 7.03. The molecule has 1 fully saturated rings. The van der Waals surface area contributed by atoms with E-state index in [0.29, 0.717) is 6.10 Å². The fourth-order valence-electron chi connectivity index (χ4n) is 2.53. The van der Waals surface area contributed by atoms with Gasteiger partial charge in [0.05, 0.1) is 6.10 Å². The molecular formula is C15H23BrN2O. The Hall–Kier alpha value is -0.580. The quantitative estimate of drug-likeness (QED) is 0.900. The van der Waals surface area contributed by atoms with Crippen molar-refractivity contribution in [3.63, 3.8) is 0 Å². The number of hydrogen-bond acceptors (Lipinski definition) is 3. The Labute approximate surface area is 124 Å². The van der Waals surface area contributed by atoms with Crippen LogP contribution >= 0.6 is 15.9 Å². The van der Waals surface area contributed by atoms with Crippen molar-refractivity contribution in [3.8, 4) is 0 Å². The highest BCUT2D eigenvalue weighted by Crippen LogP contribution is 2.28. The molecule has 1 aromatic carbocycles. The van der Waals surface area contributed by atoms with Crippen molar-refractivity contribution in [1.82, 2.24) is 0 Å². The summed E-state index contributed by atoms with van der Waals surface area (Å²) < 4.78 is 6.81. The smallest absolute Gasteiger partial charge is 0.0750 e. The number of likely N-dealkylation sites (N-methyl/N-ethyl adjacent to an activating group) is 1. The molecule has 1 saturated heterocycles. The molecule has 2 N–H and O–H groups in total. The number of ether oxygens (including phenoxy) is 1. The summed E-state index contributed by atoms with van der Waals surface area (Å²) in [4.78, 5) is 2.37. The molecule has 19 heavy (non-hydrogen) atoms. The molecule has 0 radical (unpaired) electrons. The molecule has 1 aliphatic rings. The number of hydrogen-bond donors (Lipinski definition) is 1. The number of anilines is 1. The molecule has 3 nitrogen and oxygen atoms in total. The first kappa shape index (κ1) is 14.8. The van der Waals surface area contributed by atoms with Gasteiger partial charge in [-0.05, 0) is 44.4 Å². The predicted octanol–water partition coefficient (Wildman–Crippen LogP) is 3.47. The second-order valence-electron chi connectivity index (χ2n) is 5.17. The minimum absolute atomic E-state index is 0.0525. The monoisotopic (exact) mass is 326 g/mol. The van der Waals surface area contributed by atoms with Gasteiger partial charge in [-0.1, -0.05) is 22.0 Å². The Morgan fingerprint density at radius 3 is 2.84 bits per heavy atom. The summed E-state index contributed by atoms with van der Waals surface area (Å²) in [6.45, 7) is 7.06. The lowest BCUT2D eigenvalue weighted by Gasteiger charge is -2.27. The number of rotatable bonds is 5. The predicted molar refractivity (Wildman–Crippen MR) is 83.6 cm³/mol. The molecule has 2 rings (SSSR count). The fraction of sp³-hybridized carbons (Fsp3) is 0.600. The molecular weight excluding hydrogens is 304 g/mol. The van der Waals surface area contributed by atoms with Crippen LogP contribution in [0.4, 0.5) is 5.69 Å². The Morgan fingerprint density at radius 1 is 1.53 bits per heavy atom. The highest BCUT2D eigenvalue weighted by Gasteiger charge is 2.19. The molecule has 0 bridgehead atoms. The van der Waals surface area contributed by atoms with Crippen molar-refractivity contribution in [1.29, 1.82) is 0 Å². The first-order chi connectivity index (χ1) is 9.11. The zero-order valence-electron chi connectivity index (χ0n) is 11.7. The van der Waals surface area contributed by atoms with Crippen molar-refractivity contribution in [2.24, 2.45) is 5.73 Å². The van der Waals surface area contributed by atoms with E-state index in [1.165, 1.54) is 18.5 Å². The lowest BCUT2D eigenvalue weighted by molar-refractivity contribution is 0.115. The highest BCUT2D eigenvalue weighted by molar-refractivity contribution is 9.10. The minimum Gasteiger partial charge on any atom is -0.376 e. The van der Waals surface area contributed by atoms with Crippen molar-refractivity contribution in [2.75, 3.05) is 24.6 Å². The molecule has 0 aromatic heterocycles. The molecule has 4 heteroatoms. The van der Waals surface area contributed by atoms with E-state index < -0.39 is 0 Å². The van der Waals surface area contributed by atoms with Crippen molar-refractivity contribution < 1.29 is 4.74 Å². The Bertz CT molecular complexity index is 417. The highest BCUT2D eigenvalue weighted by atomic mass is 79.9. The molecule has 2 atom stereocenters. The summed E-state index contributed by atoms with van der Waals surface area (Å²) in [6.07, 6.45) is 2.75. The lowest BCUT2D eigenvalue weighted by Crippen LogP contribution is -2.32. The van der Waals surface area contributed by atoms with Crippen LogP contribution in [0.15, 0.2) is 22.7 Å². The van der Waals surface area contributed by atoms with Crippen LogP contribution < -0.4 is 10.6 Å². The van der Waals surface area contributed by atoms with Crippen molar-refractivity contribution in [2.45, 2.75) is 38.8 Å². The number of benzene rings is 1. The van der Waals surface area contributed by atoms with E-state index in [1.54, 1.807) is 0 Å². The second kappa shape index (κ2) is 6.73. The largest absolute Gasteiger partial charge is 0.376 e. The zero-order chi connectivity index (χ0) is 13.8. The SMILES string of the molecule is CCN(CC1CCCO1)c1ccc(C(C)N)c(Br)c1. The molecule has 0 aliphatic carbocycles. The molecule has 0 saturated carbocycles. The third-order valence-electron chi connectivity index (χ3n) is 3.67. The third-order valence-corrected chi connectivity index (χ3v) is 4.36. The molecule has 106 valence electrons. The number of halogens is 1. The van der Waals surface area contributed by atoms with Crippen LogP contribution in [0.3, 0.4) is 0 Å². The van der Waals surface area contributed by atoms with Gasteiger partial charge >= 0.3 is 0 Å². The van der Waals surface area contributed by atoms with E-state index in [9.17, 15) is 0 Å². The molecule has 2 unspecified atom stereocenters. The van der Waals surface area contributed by atoms with Gasteiger partial charge in [0.2, 0.25) is 0 Å². The molecule has 0 amide bonds. The summed E-state index contributed by atoms with van der Waals surface area (Å²) >= 11 is 3.62. The molecule has 0 spiro atoms. The topological polar surface area (TPSA) is 38.5 Å². The number of nitrogens with two attached hydrogens (primary N) is 1. The van der Waals surface area contributed by atoms with Gasteiger partial charge in [0.15, 0.2) is 0 Å². The van der Waals surface area contributed by atoms with Gasteiger partial charge in [0, 0.05) is 35.9 Å². The maximum atomic E-state index is 5.94. The van der Waals surface area contributed by atoms with Crippen LogP contribution in [0.5, 0.6) is 0 Å². The van der Waals surface area contributed by atoms with E-state index in [1.807, 2.05) is 6.92 Å². The Kier molecular flexibility index (Phi) is 5.25. The standard InChI is InChI=1S/C15H23BrN2O/c1-3-18(10-13-5-4-8-19-13)12-6-7-14(11(2)17)15(16)9-12/h6-7,9,11,13H,3-5,8,10,17H2,1-2H3. The van der Waals surface area contributed by atoms with Crippen LogP contribution in [-0.4, -0.2) is 25.8 Å². The fourth-order valence-corrected chi connectivity index (χ4v) is 3.26. The zero-order valence-corrected chi connectivity index (χ0v) is 13.3. The maximum Gasteiger partial charge on any atom is 0.0750 e. The second-order valence-corrected chi connectivity index (χ2v) is 6.02. The van der Waals surface area contributed by atoms with Crippen LogP contribution in [0.1, 0.15) is 38.3 Å². The van der Waals surface area contributed by atoms with Crippen molar-refractivity contribution in [3.05, 3.63) is 28.2 Å². The van der Waals surface area contributed by atoms with Gasteiger partial charge in [0.25, 0.3) is 0 Å². The lowest BCUT2D eigenvalue weighted by atomic mass is 10.1.